The highest BCUT2D eigenvalue weighted by Gasteiger charge is 2.20. The normalized spacial score (nSPS) is 19.5. The Bertz CT molecular complexity index is 288. The van der Waals surface area contributed by atoms with E-state index in [1.54, 1.807) is 18.2 Å². The van der Waals surface area contributed by atoms with Crippen LogP contribution in [0.5, 0.6) is 0 Å². The number of carbonyl (C=O) groups excluding carboxylic acids is 2. The molecule has 13 heavy (non-hydrogen) atoms. The molecule has 0 amide bonds. The van der Waals surface area contributed by atoms with Gasteiger partial charge in [-0.3, -0.25) is 9.59 Å². The molecule has 0 aromatic carbocycles. The number of rotatable bonds is 2. The van der Waals surface area contributed by atoms with Crippen LogP contribution in [0.25, 0.3) is 0 Å². The van der Waals surface area contributed by atoms with E-state index in [4.69, 9.17) is 9.47 Å². The van der Waals surface area contributed by atoms with E-state index in [-0.39, 0.29) is 0 Å². The summed E-state index contributed by atoms with van der Waals surface area (Å²) >= 11 is 0. The Morgan fingerprint density at radius 1 is 1.31 bits per heavy atom. The van der Waals surface area contributed by atoms with Crippen LogP contribution in [0, 0.1) is 0 Å². The smallest absolute Gasteiger partial charge is 0.307 e. The fourth-order valence-electron chi connectivity index (χ4n) is 0.975. The standard InChI is InChI=1S/C9H10O4/c1-6(10)12-8-4-3-5-9(8)13-7(2)11/h3-5,8H,1-2H3. The second kappa shape index (κ2) is 3.89. The van der Waals surface area contributed by atoms with Crippen LogP contribution in [0.1, 0.15) is 13.8 Å². The molecular formula is C9H10O4. The van der Waals surface area contributed by atoms with E-state index in [2.05, 4.69) is 0 Å². The third-order valence-electron chi connectivity index (χ3n) is 1.38. The van der Waals surface area contributed by atoms with Crippen LogP contribution < -0.4 is 0 Å². The molecule has 0 saturated heterocycles. The van der Waals surface area contributed by atoms with E-state index >= 15 is 0 Å². The van der Waals surface area contributed by atoms with Gasteiger partial charge in [0.15, 0.2) is 11.9 Å². The fraction of sp³-hybridized carbons (Fsp3) is 0.333. The van der Waals surface area contributed by atoms with Crippen molar-refractivity contribution in [2.24, 2.45) is 0 Å². The minimum Gasteiger partial charge on any atom is -0.450 e. The lowest BCUT2D eigenvalue weighted by Gasteiger charge is -2.12. The first-order valence-corrected chi connectivity index (χ1v) is 3.83. The van der Waals surface area contributed by atoms with E-state index in [0.717, 1.165) is 0 Å². The minimum absolute atomic E-state index is 0.350. The summed E-state index contributed by atoms with van der Waals surface area (Å²) in [7, 11) is 0. The van der Waals surface area contributed by atoms with Gasteiger partial charge in [-0.2, -0.15) is 0 Å². The second-order valence-corrected chi connectivity index (χ2v) is 2.58. The zero-order valence-electron chi connectivity index (χ0n) is 7.44. The van der Waals surface area contributed by atoms with Crippen molar-refractivity contribution < 1.29 is 19.1 Å². The molecule has 1 unspecified atom stereocenters. The van der Waals surface area contributed by atoms with Crippen molar-refractivity contribution in [1.82, 2.24) is 0 Å². The minimum atomic E-state index is -0.554. The van der Waals surface area contributed by atoms with Crippen molar-refractivity contribution in [1.29, 1.82) is 0 Å². The Hall–Kier alpha value is -1.58. The summed E-state index contributed by atoms with van der Waals surface area (Å²) in [4.78, 5) is 21.2. The van der Waals surface area contributed by atoms with Crippen LogP contribution >= 0.6 is 0 Å². The van der Waals surface area contributed by atoms with E-state index in [0.29, 0.717) is 5.76 Å². The maximum absolute atomic E-state index is 10.6. The summed E-state index contributed by atoms with van der Waals surface area (Å²) in [5.74, 6) is -0.482. The third kappa shape index (κ3) is 2.74. The highest BCUT2D eigenvalue weighted by molar-refractivity contribution is 5.69. The fourth-order valence-corrected chi connectivity index (χ4v) is 0.975. The van der Waals surface area contributed by atoms with Gasteiger partial charge in [0.2, 0.25) is 0 Å². The van der Waals surface area contributed by atoms with E-state index in [9.17, 15) is 9.59 Å². The summed E-state index contributed by atoms with van der Waals surface area (Å²) in [5, 5.41) is 0. The lowest BCUT2D eigenvalue weighted by atomic mass is 10.3. The molecule has 0 aromatic heterocycles. The predicted octanol–water partition coefficient (Wildman–Crippen LogP) is 0.935. The van der Waals surface area contributed by atoms with Crippen LogP contribution in [0.15, 0.2) is 24.0 Å². The lowest BCUT2D eigenvalue weighted by molar-refractivity contribution is -0.148. The molecule has 0 N–H and O–H groups in total. The summed E-state index contributed by atoms with van der Waals surface area (Å²) in [6.07, 6.45) is 4.35. The van der Waals surface area contributed by atoms with E-state index in [1.807, 2.05) is 0 Å². The maximum Gasteiger partial charge on any atom is 0.307 e. The SMILES string of the molecule is CC(=O)OC1=CC=CC1OC(C)=O. The molecule has 0 radical (unpaired) electrons. The van der Waals surface area contributed by atoms with Gasteiger partial charge < -0.3 is 9.47 Å². The third-order valence-corrected chi connectivity index (χ3v) is 1.38. The van der Waals surface area contributed by atoms with Crippen molar-refractivity contribution in [3.8, 4) is 0 Å². The Balaban J connectivity index is 2.56. The van der Waals surface area contributed by atoms with Gasteiger partial charge in [-0.15, -0.1) is 0 Å². The summed E-state index contributed by atoms with van der Waals surface area (Å²) in [6.45, 7) is 2.60. The van der Waals surface area contributed by atoms with Crippen molar-refractivity contribution >= 4 is 11.9 Å². The molecule has 70 valence electrons. The first-order valence-electron chi connectivity index (χ1n) is 3.83. The highest BCUT2D eigenvalue weighted by Crippen LogP contribution is 2.16. The number of allylic oxidation sites excluding steroid dienone is 2. The molecule has 1 aliphatic rings. The second-order valence-electron chi connectivity index (χ2n) is 2.58. The van der Waals surface area contributed by atoms with Gasteiger partial charge in [0.1, 0.15) is 0 Å². The molecule has 1 rings (SSSR count). The summed E-state index contributed by atoms with van der Waals surface area (Å²) < 4.78 is 9.66. The molecule has 0 heterocycles. The molecule has 4 heteroatoms. The zero-order chi connectivity index (χ0) is 9.84. The van der Waals surface area contributed by atoms with Gasteiger partial charge in [0.05, 0.1) is 0 Å². The summed E-state index contributed by atoms with van der Waals surface area (Å²) in [6, 6.07) is 0. The number of hydrogen-bond donors (Lipinski definition) is 0. The van der Waals surface area contributed by atoms with Gasteiger partial charge in [0.25, 0.3) is 0 Å². The van der Waals surface area contributed by atoms with E-state index in [1.165, 1.54) is 13.8 Å². The van der Waals surface area contributed by atoms with Crippen LogP contribution in [0.3, 0.4) is 0 Å². The van der Waals surface area contributed by atoms with Crippen LogP contribution in [0.2, 0.25) is 0 Å². The average molecular weight is 182 g/mol. The first-order chi connectivity index (χ1) is 6.09. The molecule has 0 fully saturated rings. The van der Waals surface area contributed by atoms with Crippen LogP contribution in [-0.2, 0) is 19.1 Å². The predicted molar refractivity (Wildman–Crippen MR) is 44.5 cm³/mol. The Morgan fingerprint density at radius 2 is 2.00 bits per heavy atom. The van der Waals surface area contributed by atoms with Crippen molar-refractivity contribution in [2.75, 3.05) is 0 Å². The van der Waals surface area contributed by atoms with Crippen molar-refractivity contribution in [3.05, 3.63) is 24.0 Å². The zero-order valence-corrected chi connectivity index (χ0v) is 7.44. The van der Waals surface area contributed by atoms with Crippen molar-refractivity contribution in [2.45, 2.75) is 20.0 Å². The number of carbonyl (C=O) groups is 2. The number of ether oxygens (including phenoxy) is 2. The van der Waals surface area contributed by atoms with Gasteiger partial charge in [0, 0.05) is 13.8 Å². The Labute approximate surface area is 75.8 Å². The monoisotopic (exact) mass is 182 g/mol. The molecular weight excluding hydrogens is 172 g/mol. The van der Waals surface area contributed by atoms with Crippen molar-refractivity contribution in [3.63, 3.8) is 0 Å². The Kier molecular flexibility index (Phi) is 2.84. The van der Waals surface area contributed by atoms with E-state index < -0.39 is 18.0 Å². The van der Waals surface area contributed by atoms with Crippen LogP contribution in [0.4, 0.5) is 0 Å². The lowest BCUT2D eigenvalue weighted by Crippen LogP contribution is -2.17. The molecule has 4 nitrogen and oxygen atoms in total. The average Bonchev–Trinajstić information content (AvgIpc) is 2.34. The highest BCUT2D eigenvalue weighted by atomic mass is 16.6. The number of esters is 2. The number of hydrogen-bond acceptors (Lipinski definition) is 4. The Morgan fingerprint density at radius 3 is 2.54 bits per heavy atom. The molecule has 0 saturated carbocycles. The molecule has 0 aliphatic heterocycles. The maximum atomic E-state index is 10.6. The largest absolute Gasteiger partial charge is 0.450 e. The van der Waals surface area contributed by atoms with Gasteiger partial charge in [-0.25, -0.2) is 0 Å². The summed E-state index contributed by atoms with van der Waals surface area (Å²) in [5.41, 5.74) is 0. The molecule has 1 aliphatic carbocycles. The molecule has 1 atom stereocenters. The van der Waals surface area contributed by atoms with Gasteiger partial charge in [-0.05, 0) is 12.2 Å². The van der Waals surface area contributed by atoms with Gasteiger partial charge in [-0.1, -0.05) is 6.08 Å². The van der Waals surface area contributed by atoms with Gasteiger partial charge >= 0.3 is 11.9 Å². The quantitative estimate of drug-likeness (QED) is 0.596. The topological polar surface area (TPSA) is 52.6 Å². The molecule has 0 spiro atoms. The molecule has 0 aromatic rings. The first kappa shape index (κ1) is 9.51. The molecule has 0 bridgehead atoms. The van der Waals surface area contributed by atoms with Crippen LogP contribution in [-0.4, -0.2) is 18.0 Å².